The molecule has 1 fully saturated rings. The zero-order chi connectivity index (χ0) is 19.0. The van der Waals surface area contributed by atoms with E-state index in [1.165, 1.54) is 41.3 Å². The Morgan fingerprint density at radius 1 is 0.926 bits per heavy atom. The van der Waals surface area contributed by atoms with E-state index in [2.05, 4.69) is 0 Å². The molecule has 1 aliphatic rings. The van der Waals surface area contributed by atoms with Crippen molar-refractivity contribution in [2.45, 2.75) is 0 Å². The number of hydrogen-bond donors (Lipinski definition) is 0. The lowest BCUT2D eigenvalue weighted by molar-refractivity contribution is -0.113. The van der Waals surface area contributed by atoms with E-state index in [0.29, 0.717) is 26.4 Å². The number of nitrogens with zero attached hydrogens (tertiary/aromatic N) is 1. The predicted molar refractivity (Wildman–Crippen MR) is 106 cm³/mol. The fourth-order valence-corrected chi connectivity index (χ4v) is 3.89. The van der Waals surface area contributed by atoms with Crippen molar-refractivity contribution in [1.82, 2.24) is 0 Å². The second kappa shape index (κ2) is 7.09. The molecule has 0 spiro atoms. The maximum atomic E-state index is 13.1. The molecule has 0 radical (unpaired) electrons. The normalized spacial score (nSPS) is 15.8. The van der Waals surface area contributed by atoms with Crippen molar-refractivity contribution in [2.24, 2.45) is 0 Å². The number of furan rings is 1. The van der Waals surface area contributed by atoms with Crippen LogP contribution < -0.4 is 4.90 Å². The minimum Gasteiger partial charge on any atom is -0.457 e. The highest BCUT2D eigenvalue weighted by atomic mass is 32.2. The lowest BCUT2D eigenvalue weighted by Gasteiger charge is -2.14. The largest absolute Gasteiger partial charge is 0.457 e. The van der Waals surface area contributed by atoms with Crippen molar-refractivity contribution in [2.75, 3.05) is 4.90 Å². The Kier molecular flexibility index (Phi) is 4.63. The first-order valence-electron chi connectivity index (χ1n) is 7.90. The number of thioether (sulfide) groups is 1. The number of halogens is 2. The van der Waals surface area contributed by atoms with Crippen LogP contribution in [0.15, 0.2) is 70.0 Å². The van der Waals surface area contributed by atoms with Crippen LogP contribution in [0.25, 0.3) is 17.4 Å². The van der Waals surface area contributed by atoms with Crippen LogP contribution in [0, 0.1) is 11.6 Å². The molecule has 3 nitrogen and oxygen atoms in total. The maximum Gasteiger partial charge on any atom is 0.270 e. The second-order valence-corrected chi connectivity index (χ2v) is 7.38. The fourth-order valence-electron chi connectivity index (χ4n) is 2.61. The van der Waals surface area contributed by atoms with E-state index in [1.54, 1.807) is 30.3 Å². The van der Waals surface area contributed by atoms with E-state index >= 15 is 0 Å². The molecule has 0 bridgehead atoms. The molecule has 0 unspecified atom stereocenters. The van der Waals surface area contributed by atoms with Crippen molar-refractivity contribution in [3.05, 3.63) is 83.0 Å². The Morgan fingerprint density at radius 3 is 2.22 bits per heavy atom. The Bertz CT molecular complexity index is 1060. The van der Waals surface area contributed by atoms with Gasteiger partial charge in [0.05, 0.1) is 10.6 Å². The molecule has 1 amide bonds. The number of carbonyl (C=O) groups is 1. The quantitative estimate of drug-likeness (QED) is 0.422. The molecule has 1 aliphatic heterocycles. The predicted octanol–water partition coefficient (Wildman–Crippen LogP) is 5.63. The summed E-state index contributed by atoms with van der Waals surface area (Å²) in [6.45, 7) is 0. The molecule has 2 aromatic carbocycles. The van der Waals surface area contributed by atoms with Gasteiger partial charge in [0.2, 0.25) is 0 Å². The van der Waals surface area contributed by atoms with Crippen molar-refractivity contribution >= 4 is 46.0 Å². The number of amides is 1. The van der Waals surface area contributed by atoms with Gasteiger partial charge >= 0.3 is 0 Å². The van der Waals surface area contributed by atoms with E-state index in [1.807, 2.05) is 0 Å². The van der Waals surface area contributed by atoms with Gasteiger partial charge in [-0.2, -0.15) is 0 Å². The van der Waals surface area contributed by atoms with Gasteiger partial charge in [-0.1, -0.05) is 24.0 Å². The average Bonchev–Trinajstić information content (AvgIpc) is 3.22. The van der Waals surface area contributed by atoms with Crippen LogP contribution in [0.3, 0.4) is 0 Å². The number of carbonyl (C=O) groups excluding carboxylic acids is 1. The minimum atomic E-state index is -0.386. The van der Waals surface area contributed by atoms with Gasteiger partial charge in [-0.15, -0.1) is 0 Å². The second-order valence-electron chi connectivity index (χ2n) is 5.70. The van der Waals surface area contributed by atoms with Crippen LogP contribution in [0.2, 0.25) is 0 Å². The van der Waals surface area contributed by atoms with E-state index < -0.39 is 0 Å². The van der Waals surface area contributed by atoms with Crippen LogP contribution in [-0.4, -0.2) is 10.2 Å². The number of hydrogen-bond acceptors (Lipinski definition) is 4. The summed E-state index contributed by atoms with van der Waals surface area (Å²) in [4.78, 5) is 14.5. The topological polar surface area (TPSA) is 33.5 Å². The molecule has 3 aromatic rings. The zero-order valence-electron chi connectivity index (χ0n) is 13.7. The van der Waals surface area contributed by atoms with Gasteiger partial charge in [0.15, 0.2) is 4.32 Å². The van der Waals surface area contributed by atoms with Crippen molar-refractivity contribution in [1.29, 1.82) is 0 Å². The Balaban J connectivity index is 1.59. The lowest BCUT2D eigenvalue weighted by atomic mass is 10.2. The fraction of sp³-hybridized carbons (Fsp3) is 0. The Hall–Kier alpha value is -2.77. The Morgan fingerprint density at radius 2 is 1.56 bits per heavy atom. The molecule has 1 saturated heterocycles. The molecular formula is C20H11F2NO2S2. The SMILES string of the molecule is O=C1/C(=C/c2ccc(-c3ccc(F)cc3)o2)SC(=S)N1c1ccc(F)cc1. The standard InChI is InChI=1S/C20H11F2NO2S2/c21-13-3-1-12(2-4-13)17-10-9-16(25-17)11-18-19(24)23(20(26)27-18)15-7-5-14(22)6-8-15/h1-11H/b18-11-. The van der Waals surface area contributed by atoms with Gasteiger partial charge in [-0.3, -0.25) is 9.69 Å². The molecule has 4 rings (SSSR count). The van der Waals surface area contributed by atoms with Gasteiger partial charge in [-0.05, 0) is 60.7 Å². The molecule has 1 aromatic heterocycles. The third-order valence-corrected chi connectivity index (χ3v) is 5.21. The van der Waals surface area contributed by atoms with Gasteiger partial charge in [-0.25, -0.2) is 8.78 Å². The molecule has 0 atom stereocenters. The molecular weight excluding hydrogens is 388 g/mol. The van der Waals surface area contributed by atoms with Crippen molar-refractivity contribution in [3.63, 3.8) is 0 Å². The summed E-state index contributed by atoms with van der Waals surface area (Å²) in [7, 11) is 0. The molecule has 2 heterocycles. The third kappa shape index (κ3) is 3.56. The van der Waals surface area contributed by atoms with E-state index in [9.17, 15) is 13.6 Å². The summed E-state index contributed by atoms with van der Waals surface area (Å²) in [5.74, 6) is 0.0409. The van der Waals surface area contributed by atoms with Crippen molar-refractivity contribution < 1.29 is 18.0 Å². The maximum absolute atomic E-state index is 13.1. The van der Waals surface area contributed by atoms with E-state index in [0.717, 1.165) is 17.3 Å². The smallest absolute Gasteiger partial charge is 0.270 e. The number of rotatable bonds is 3. The van der Waals surface area contributed by atoms with E-state index in [-0.39, 0.29) is 17.5 Å². The van der Waals surface area contributed by atoms with Crippen LogP contribution in [0.1, 0.15) is 5.76 Å². The highest BCUT2D eigenvalue weighted by Crippen LogP contribution is 2.36. The molecule has 0 aliphatic carbocycles. The first-order chi connectivity index (χ1) is 13.0. The number of anilines is 1. The summed E-state index contributed by atoms with van der Waals surface area (Å²) in [5.41, 5.74) is 1.24. The first kappa shape index (κ1) is 17.6. The summed E-state index contributed by atoms with van der Waals surface area (Å²) >= 11 is 6.44. The summed E-state index contributed by atoms with van der Waals surface area (Å²) in [6.07, 6.45) is 1.61. The number of thiocarbonyl (C=S) groups is 1. The van der Waals surface area contributed by atoms with Crippen LogP contribution >= 0.6 is 24.0 Å². The van der Waals surface area contributed by atoms with Crippen LogP contribution in [0.4, 0.5) is 14.5 Å². The van der Waals surface area contributed by atoms with Gasteiger partial charge in [0.1, 0.15) is 23.2 Å². The zero-order valence-corrected chi connectivity index (χ0v) is 15.3. The average molecular weight is 399 g/mol. The third-order valence-electron chi connectivity index (χ3n) is 3.91. The molecule has 0 N–H and O–H groups in total. The lowest BCUT2D eigenvalue weighted by Crippen LogP contribution is -2.27. The number of benzene rings is 2. The molecule has 0 saturated carbocycles. The Labute approximate surface area is 163 Å². The monoisotopic (exact) mass is 399 g/mol. The van der Waals surface area contributed by atoms with Crippen molar-refractivity contribution in [3.8, 4) is 11.3 Å². The van der Waals surface area contributed by atoms with Crippen LogP contribution in [0.5, 0.6) is 0 Å². The molecule has 27 heavy (non-hydrogen) atoms. The summed E-state index contributed by atoms with van der Waals surface area (Å²) in [6, 6.07) is 15.0. The highest BCUT2D eigenvalue weighted by molar-refractivity contribution is 8.27. The highest BCUT2D eigenvalue weighted by Gasteiger charge is 2.33. The summed E-state index contributed by atoms with van der Waals surface area (Å²) < 4.78 is 32.2. The van der Waals surface area contributed by atoms with Gasteiger partial charge in [0, 0.05) is 11.6 Å². The summed E-state index contributed by atoms with van der Waals surface area (Å²) in [5, 5.41) is 0. The van der Waals surface area contributed by atoms with Gasteiger partial charge in [0.25, 0.3) is 5.91 Å². The first-order valence-corrected chi connectivity index (χ1v) is 9.13. The molecule has 7 heteroatoms. The van der Waals surface area contributed by atoms with E-state index in [4.69, 9.17) is 16.6 Å². The van der Waals surface area contributed by atoms with Crippen LogP contribution in [-0.2, 0) is 4.79 Å². The van der Waals surface area contributed by atoms with Gasteiger partial charge < -0.3 is 4.42 Å². The minimum absolute atomic E-state index is 0.295. The molecule has 134 valence electrons.